The molecule has 8 nitrogen and oxygen atoms in total. The van der Waals surface area contributed by atoms with Gasteiger partial charge >= 0.3 is 0 Å². The number of fused-ring (bicyclic) bond motifs is 1. The summed E-state index contributed by atoms with van der Waals surface area (Å²) in [7, 11) is 0. The Kier molecular flexibility index (Phi) is 11.3. The minimum Gasteiger partial charge on any atom is -0.330 e. The lowest BCUT2D eigenvalue weighted by Gasteiger charge is -2.09. The lowest BCUT2D eigenvalue weighted by molar-refractivity contribution is 0.904. The van der Waals surface area contributed by atoms with Gasteiger partial charge in [0.25, 0.3) is 0 Å². The van der Waals surface area contributed by atoms with Crippen LogP contribution in [0.25, 0.3) is 16.9 Å². The molecule has 4 N–H and O–H groups in total. The van der Waals surface area contributed by atoms with Crippen LogP contribution in [0.1, 0.15) is 52.9 Å². The first-order valence-corrected chi connectivity index (χ1v) is 11.3. The molecule has 30 heavy (non-hydrogen) atoms. The minimum absolute atomic E-state index is 0.535. The second-order valence-corrected chi connectivity index (χ2v) is 6.21. The molecule has 4 aromatic rings. The molecule has 0 aliphatic rings. The Morgan fingerprint density at radius 3 is 2.43 bits per heavy atom. The van der Waals surface area contributed by atoms with Crippen molar-refractivity contribution in [2.24, 2.45) is 5.73 Å². The van der Waals surface area contributed by atoms with Gasteiger partial charge in [0.05, 0.1) is 29.5 Å². The van der Waals surface area contributed by atoms with E-state index in [2.05, 4.69) is 29.9 Å². The summed E-state index contributed by atoms with van der Waals surface area (Å²) in [4.78, 5) is 9.20. The maximum absolute atomic E-state index is 5.71. The van der Waals surface area contributed by atoms with Gasteiger partial charge in [-0.1, -0.05) is 41.5 Å². The second kappa shape index (κ2) is 13.4. The van der Waals surface area contributed by atoms with E-state index in [1.54, 1.807) is 6.20 Å². The van der Waals surface area contributed by atoms with Crippen LogP contribution in [0.5, 0.6) is 0 Å². The van der Waals surface area contributed by atoms with Gasteiger partial charge in [-0.3, -0.25) is 9.50 Å². The van der Waals surface area contributed by atoms with Crippen LogP contribution in [-0.2, 0) is 6.42 Å². The molecule has 0 atom stereocenters. The summed E-state index contributed by atoms with van der Waals surface area (Å²) in [6, 6.07) is 1.98. The van der Waals surface area contributed by atoms with E-state index < -0.39 is 0 Å². The number of nitrogens with zero attached hydrogens (tertiary/aromatic N) is 5. The van der Waals surface area contributed by atoms with Crippen LogP contribution in [-0.4, -0.2) is 35.5 Å². The average Bonchev–Trinajstić information content (AvgIpc) is 3.54. The van der Waals surface area contributed by atoms with Gasteiger partial charge in [-0.25, -0.2) is 9.97 Å². The van der Waals surface area contributed by atoms with E-state index in [1.165, 1.54) is 11.5 Å². The number of H-pyrrole nitrogens is 1. The Morgan fingerprint density at radius 1 is 1.13 bits per heavy atom. The van der Waals surface area contributed by atoms with Crippen LogP contribution in [0.15, 0.2) is 30.9 Å². The van der Waals surface area contributed by atoms with Crippen LogP contribution in [0, 0.1) is 6.92 Å². The molecule has 0 amide bonds. The quantitative estimate of drug-likeness (QED) is 0.401. The molecular weight excluding hydrogens is 396 g/mol. The summed E-state index contributed by atoms with van der Waals surface area (Å²) < 4.78 is 6.30. The highest BCUT2D eigenvalue weighted by Crippen LogP contribution is 2.27. The number of nitrogens with one attached hydrogen (secondary N) is 2. The molecule has 0 saturated carbocycles. The zero-order valence-corrected chi connectivity index (χ0v) is 19.8. The number of imidazole rings is 1. The fourth-order valence-corrected chi connectivity index (χ4v) is 3.19. The Hall–Kier alpha value is -2.78. The van der Waals surface area contributed by atoms with Crippen LogP contribution in [0.4, 0.5) is 10.8 Å². The summed E-state index contributed by atoms with van der Waals surface area (Å²) in [6.45, 7) is 14.5. The maximum Gasteiger partial charge on any atom is 0.180 e. The number of nitrogens with two attached hydrogens (primary N) is 1. The molecule has 164 valence electrons. The minimum atomic E-state index is 0.535. The van der Waals surface area contributed by atoms with Gasteiger partial charge in [0.15, 0.2) is 11.5 Å². The van der Waals surface area contributed by atoms with Gasteiger partial charge in [0, 0.05) is 24.4 Å². The molecule has 0 aliphatic heterocycles. The number of aromatic amines is 1. The lowest BCUT2D eigenvalue weighted by atomic mass is 10.2. The van der Waals surface area contributed by atoms with Crippen molar-refractivity contribution in [3.8, 4) is 11.3 Å². The monoisotopic (exact) mass is 430 g/mol. The molecule has 0 bridgehead atoms. The van der Waals surface area contributed by atoms with Crippen LogP contribution in [0.2, 0.25) is 0 Å². The third-order valence-corrected chi connectivity index (χ3v) is 4.40. The van der Waals surface area contributed by atoms with Crippen molar-refractivity contribution < 1.29 is 0 Å². The first kappa shape index (κ1) is 25.3. The van der Waals surface area contributed by atoms with Crippen molar-refractivity contribution in [3.05, 3.63) is 42.2 Å². The standard InChI is InChI=1S/C15H16N8S.3C2H6/c1-9-4-13(24-22-9)21-14-15-17-7-12(10-5-18-19-6-10)23(15)8-11(20-14)2-3-16;3*1-2/h4-8H,2-3,16H2,1H3,(H,18,19)(H,20,21);3*1-2H3. The van der Waals surface area contributed by atoms with Crippen molar-refractivity contribution in [1.82, 2.24) is 28.9 Å². The summed E-state index contributed by atoms with van der Waals surface area (Å²) in [5.41, 5.74) is 10.2. The molecule has 9 heteroatoms. The first-order chi connectivity index (χ1) is 14.7. The highest BCUT2D eigenvalue weighted by Gasteiger charge is 2.14. The Labute approximate surface area is 183 Å². The van der Waals surface area contributed by atoms with Gasteiger partial charge in [0.2, 0.25) is 0 Å². The van der Waals surface area contributed by atoms with Crippen molar-refractivity contribution in [1.29, 1.82) is 0 Å². The Balaban J connectivity index is 0.000000691. The first-order valence-electron chi connectivity index (χ1n) is 10.5. The normalized spacial score (nSPS) is 9.60. The van der Waals surface area contributed by atoms with Crippen LogP contribution in [0.3, 0.4) is 0 Å². The number of hydrogen-bond acceptors (Lipinski definition) is 7. The summed E-state index contributed by atoms with van der Waals surface area (Å²) in [5, 5.41) is 11.1. The third-order valence-electron chi connectivity index (χ3n) is 3.61. The highest BCUT2D eigenvalue weighted by atomic mass is 32.1. The zero-order chi connectivity index (χ0) is 22.5. The predicted octanol–water partition coefficient (Wildman–Crippen LogP) is 5.21. The Morgan fingerprint density at radius 2 is 1.87 bits per heavy atom. The molecule has 0 aromatic carbocycles. The molecule has 0 spiro atoms. The van der Waals surface area contributed by atoms with Crippen LogP contribution >= 0.6 is 11.5 Å². The average molecular weight is 431 g/mol. The number of rotatable bonds is 5. The van der Waals surface area contributed by atoms with E-state index in [0.717, 1.165) is 33.3 Å². The predicted molar refractivity (Wildman–Crippen MR) is 128 cm³/mol. The fourth-order valence-electron chi connectivity index (χ4n) is 2.53. The van der Waals surface area contributed by atoms with Gasteiger partial charge < -0.3 is 11.1 Å². The number of hydrogen-bond donors (Lipinski definition) is 3. The van der Waals surface area contributed by atoms with E-state index in [-0.39, 0.29) is 0 Å². The third kappa shape index (κ3) is 6.11. The number of aryl methyl sites for hydroxylation is 1. The van der Waals surface area contributed by atoms with E-state index in [4.69, 9.17) is 5.73 Å². The van der Waals surface area contributed by atoms with E-state index in [1.807, 2.05) is 77.5 Å². The Bertz CT molecular complexity index is 972. The van der Waals surface area contributed by atoms with E-state index in [9.17, 15) is 0 Å². The molecule has 4 heterocycles. The van der Waals surface area contributed by atoms with Crippen molar-refractivity contribution >= 4 is 28.0 Å². The topological polar surface area (TPSA) is 110 Å². The van der Waals surface area contributed by atoms with E-state index >= 15 is 0 Å². The molecule has 4 aromatic heterocycles. The van der Waals surface area contributed by atoms with Crippen LogP contribution < -0.4 is 11.1 Å². The fraction of sp³-hybridized carbons (Fsp3) is 0.429. The molecular formula is C21H34N8S. The van der Waals surface area contributed by atoms with Crippen molar-refractivity contribution in [2.45, 2.75) is 54.9 Å². The molecule has 0 fully saturated rings. The summed E-state index contributed by atoms with van der Waals surface area (Å²) in [6.07, 6.45) is 8.09. The largest absolute Gasteiger partial charge is 0.330 e. The maximum atomic E-state index is 5.71. The smallest absolute Gasteiger partial charge is 0.180 e. The van der Waals surface area contributed by atoms with Gasteiger partial charge in [-0.05, 0) is 31.1 Å². The van der Waals surface area contributed by atoms with Gasteiger partial charge in [0.1, 0.15) is 5.00 Å². The number of anilines is 2. The summed E-state index contributed by atoms with van der Waals surface area (Å²) in [5.74, 6) is 0.694. The van der Waals surface area contributed by atoms with E-state index in [0.29, 0.717) is 18.8 Å². The molecule has 0 radical (unpaired) electrons. The molecule has 0 saturated heterocycles. The zero-order valence-electron chi connectivity index (χ0n) is 19.0. The lowest BCUT2D eigenvalue weighted by Crippen LogP contribution is -2.08. The highest BCUT2D eigenvalue weighted by molar-refractivity contribution is 7.10. The van der Waals surface area contributed by atoms with Crippen molar-refractivity contribution in [2.75, 3.05) is 11.9 Å². The van der Waals surface area contributed by atoms with Crippen molar-refractivity contribution in [3.63, 3.8) is 0 Å². The summed E-state index contributed by atoms with van der Waals surface area (Å²) >= 11 is 1.40. The number of aromatic nitrogens is 6. The molecule has 0 unspecified atom stereocenters. The van der Waals surface area contributed by atoms with Gasteiger partial charge in [-0.2, -0.15) is 9.47 Å². The van der Waals surface area contributed by atoms with Gasteiger partial charge in [-0.15, -0.1) is 0 Å². The molecule has 4 rings (SSSR count). The second-order valence-electron chi connectivity index (χ2n) is 5.40. The molecule has 0 aliphatic carbocycles. The SMILES string of the molecule is CC.CC.CC.Cc1cc(Nc2nc(CCN)cn3c(-c4cn[nH]c4)cnc23)sn1.